The fraction of sp³-hybridized carbons (Fsp3) is 0.600. The van der Waals surface area contributed by atoms with Gasteiger partial charge in [0.1, 0.15) is 10.8 Å². The predicted octanol–water partition coefficient (Wildman–Crippen LogP) is 2.17. The highest BCUT2D eigenvalue weighted by Crippen LogP contribution is 2.31. The molecule has 4 nitrogen and oxygen atoms in total. The Morgan fingerprint density at radius 3 is 3.00 bits per heavy atom. The molecule has 1 saturated carbocycles. The molecule has 0 spiro atoms. The summed E-state index contributed by atoms with van der Waals surface area (Å²) in [6, 6.07) is 4.42. The molecule has 0 bridgehead atoms. The Balaban J connectivity index is 1.92. The molecule has 2 heterocycles. The van der Waals surface area contributed by atoms with Crippen LogP contribution in [0.1, 0.15) is 36.9 Å². The number of hydrogen-bond acceptors (Lipinski definition) is 4. The second kappa shape index (κ2) is 5.66. The number of thiocarbonyl (C=S) groups is 1. The molecule has 1 aromatic heterocycles. The number of hydrogen-bond donors (Lipinski definition) is 1. The molecule has 20 heavy (non-hydrogen) atoms. The molecule has 0 radical (unpaired) electrons. The van der Waals surface area contributed by atoms with E-state index >= 15 is 0 Å². The number of anilines is 1. The van der Waals surface area contributed by atoms with E-state index in [2.05, 4.69) is 9.88 Å². The third kappa shape index (κ3) is 2.65. The highest BCUT2D eigenvalue weighted by atomic mass is 32.1. The minimum atomic E-state index is 0.355. The molecular formula is C15H21N3OS. The first kappa shape index (κ1) is 13.8. The fourth-order valence-corrected chi connectivity index (χ4v) is 3.44. The van der Waals surface area contributed by atoms with Gasteiger partial charge in [0.05, 0.1) is 18.8 Å². The number of fused-ring (bicyclic) bond motifs is 1. The maximum absolute atomic E-state index is 5.92. The Hall–Kier alpha value is -1.20. The summed E-state index contributed by atoms with van der Waals surface area (Å²) in [7, 11) is 0. The second-order valence-corrected chi connectivity index (χ2v) is 6.11. The van der Waals surface area contributed by atoms with Crippen LogP contribution in [0.25, 0.3) is 0 Å². The van der Waals surface area contributed by atoms with Crippen LogP contribution in [0.3, 0.4) is 0 Å². The number of nitrogens with two attached hydrogens (primary N) is 1. The van der Waals surface area contributed by atoms with Gasteiger partial charge < -0.3 is 15.4 Å². The molecule has 2 aliphatic rings. The van der Waals surface area contributed by atoms with E-state index in [0.29, 0.717) is 17.1 Å². The zero-order chi connectivity index (χ0) is 14.1. The van der Waals surface area contributed by atoms with E-state index in [1.54, 1.807) is 0 Å². The molecule has 1 saturated heterocycles. The van der Waals surface area contributed by atoms with Gasteiger partial charge in [-0.25, -0.2) is 4.98 Å². The van der Waals surface area contributed by atoms with Crippen LogP contribution in [0.2, 0.25) is 0 Å². The summed E-state index contributed by atoms with van der Waals surface area (Å²) in [6.07, 6.45) is 5.24. The number of aryl methyl sites for hydroxylation is 1. The van der Waals surface area contributed by atoms with Crippen molar-refractivity contribution in [2.45, 2.75) is 44.8 Å². The lowest BCUT2D eigenvalue weighted by molar-refractivity contribution is -0.00899. The average molecular weight is 291 g/mol. The van der Waals surface area contributed by atoms with Crippen molar-refractivity contribution in [2.24, 2.45) is 5.73 Å². The van der Waals surface area contributed by atoms with Crippen LogP contribution in [0.15, 0.2) is 12.1 Å². The highest BCUT2D eigenvalue weighted by Gasteiger charge is 2.34. The second-order valence-electron chi connectivity index (χ2n) is 5.67. The third-order valence-electron chi connectivity index (χ3n) is 4.25. The molecule has 2 fully saturated rings. The van der Waals surface area contributed by atoms with Crippen LogP contribution in [-0.4, -0.2) is 35.3 Å². The van der Waals surface area contributed by atoms with Crippen molar-refractivity contribution < 1.29 is 4.74 Å². The van der Waals surface area contributed by atoms with E-state index in [1.165, 1.54) is 19.3 Å². The lowest BCUT2D eigenvalue weighted by Gasteiger charge is -2.44. The molecule has 2 unspecified atom stereocenters. The normalized spacial score (nSPS) is 26.1. The largest absolute Gasteiger partial charge is 0.389 e. The maximum Gasteiger partial charge on any atom is 0.129 e. The van der Waals surface area contributed by atoms with Gasteiger partial charge in [-0.15, -0.1) is 0 Å². The number of morpholine rings is 1. The monoisotopic (exact) mass is 291 g/mol. The molecule has 3 rings (SSSR count). The zero-order valence-electron chi connectivity index (χ0n) is 11.8. The van der Waals surface area contributed by atoms with E-state index in [4.69, 9.17) is 22.7 Å². The SMILES string of the molecule is Cc1cc(C(N)=S)cc(N2CCOC3CCCCC32)n1. The van der Waals surface area contributed by atoms with Crippen molar-refractivity contribution in [3.8, 4) is 0 Å². The van der Waals surface area contributed by atoms with Gasteiger partial charge in [0, 0.05) is 17.8 Å². The number of rotatable bonds is 2. The van der Waals surface area contributed by atoms with Gasteiger partial charge in [0.25, 0.3) is 0 Å². The number of pyridine rings is 1. The maximum atomic E-state index is 5.92. The van der Waals surface area contributed by atoms with Crippen LogP contribution in [0, 0.1) is 6.92 Å². The first-order chi connectivity index (χ1) is 9.65. The minimum absolute atomic E-state index is 0.355. The molecule has 1 aromatic rings. The zero-order valence-corrected chi connectivity index (χ0v) is 12.7. The summed E-state index contributed by atoms with van der Waals surface area (Å²) in [5.74, 6) is 0.994. The highest BCUT2D eigenvalue weighted by molar-refractivity contribution is 7.80. The minimum Gasteiger partial charge on any atom is -0.389 e. The van der Waals surface area contributed by atoms with Crippen LogP contribution in [0.5, 0.6) is 0 Å². The van der Waals surface area contributed by atoms with Gasteiger partial charge in [-0.1, -0.05) is 25.1 Å². The van der Waals surface area contributed by atoms with Crippen LogP contribution < -0.4 is 10.6 Å². The van der Waals surface area contributed by atoms with Gasteiger partial charge in [-0.05, 0) is 31.9 Å². The summed E-state index contributed by atoms with van der Waals surface area (Å²) >= 11 is 5.10. The van der Waals surface area contributed by atoms with Crippen molar-refractivity contribution in [3.63, 3.8) is 0 Å². The van der Waals surface area contributed by atoms with Crippen LogP contribution in [0.4, 0.5) is 5.82 Å². The quantitative estimate of drug-likeness (QED) is 0.846. The molecule has 108 valence electrons. The van der Waals surface area contributed by atoms with Gasteiger partial charge in [0.15, 0.2) is 0 Å². The summed E-state index contributed by atoms with van der Waals surface area (Å²) in [4.78, 5) is 7.51. The van der Waals surface area contributed by atoms with Gasteiger partial charge in [-0.2, -0.15) is 0 Å². The smallest absolute Gasteiger partial charge is 0.129 e. The molecule has 0 amide bonds. The molecule has 2 N–H and O–H groups in total. The van der Waals surface area contributed by atoms with E-state index in [1.807, 2.05) is 19.1 Å². The predicted molar refractivity (Wildman–Crippen MR) is 84.2 cm³/mol. The summed E-state index contributed by atoms with van der Waals surface area (Å²) < 4.78 is 5.92. The lowest BCUT2D eigenvalue weighted by atomic mass is 9.90. The standard InChI is InChI=1S/C15H21N3OS/c1-10-8-11(15(16)20)9-14(17-10)18-6-7-19-13-5-3-2-4-12(13)18/h8-9,12-13H,2-7H2,1H3,(H2,16,20). The fourth-order valence-electron chi connectivity index (χ4n) is 3.32. The summed E-state index contributed by atoms with van der Waals surface area (Å²) in [5.41, 5.74) is 7.64. The Bertz CT molecular complexity index is 518. The van der Waals surface area contributed by atoms with Crippen LogP contribution >= 0.6 is 12.2 Å². The van der Waals surface area contributed by atoms with Gasteiger partial charge >= 0.3 is 0 Å². The number of ether oxygens (including phenoxy) is 1. The number of aromatic nitrogens is 1. The Kier molecular flexibility index (Phi) is 3.89. The van der Waals surface area contributed by atoms with E-state index < -0.39 is 0 Å². The molecular weight excluding hydrogens is 270 g/mol. The summed E-state index contributed by atoms with van der Waals surface area (Å²) in [5, 5.41) is 0. The average Bonchev–Trinajstić information content (AvgIpc) is 2.46. The van der Waals surface area contributed by atoms with Crippen molar-refractivity contribution in [2.75, 3.05) is 18.1 Å². The Labute approximate surface area is 125 Å². The van der Waals surface area contributed by atoms with E-state index in [-0.39, 0.29) is 0 Å². The molecule has 0 aromatic carbocycles. The van der Waals surface area contributed by atoms with Gasteiger partial charge in [-0.3, -0.25) is 0 Å². The van der Waals surface area contributed by atoms with Crippen molar-refractivity contribution in [1.82, 2.24) is 4.98 Å². The lowest BCUT2D eigenvalue weighted by Crippen LogP contribution is -2.53. The molecule has 1 aliphatic heterocycles. The molecule has 2 atom stereocenters. The van der Waals surface area contributed by atoms with E-state index in [0.717, 1.165) is 36.6 Å². The van der Waals surface area contributed by atoms with Crippen molar-refractivity contribution in [3.05, 3.63) is 23.4 Å². The first-order valence-electron chi connectivity index (χ1n) is 7.32. The summed E-state index contributed by atoms with van der Waals surface area (Å²) in [6.45, 7) is 3.66. The molecule has 1 aliphatic carbocycles. The van der Waals surface area contributed by atoms with E-state index in [9.17, 15) is 0 Å². The Morgan fingerprint density at radius 2 is 2.20 bits per heavy atom. The molecule has 5 heteroatoms. The first-order valence-corrected chi connectivity index (χ1v) is 7.73. The van der Waals surface area contributed by atoms with Gasteiger partial charge in [0.2, 0.25) is 0 Å². The van der Waals surface area contributed by atoms with Crippen LogP contribution in [-0.2, 0) is 4.74 Å². The Morgan fingerprint density at radius 1 is 1.40 bits per heavy atom. The third-order valence-corrected chi connectivity index (χ3v) is 4.49. The van der Waals surface area contributed by atoms with Crippen molar-refractivity contribution in [1.29, 1.82) is 0 Å². The van der Waals surface area contributed by atoms with Crippen molar-refractivity contribution >= 4 is 23.0 Å². The topological polar surface area (TPSA) is 51.4 Å². The number of nitrogens with zero attached hydrogens (tertiary/aromatic N) is 2.